The summed E-state index contributed by atoms with van der Waals surface area (Å²) in [7, 11) is 0. The van der Waals surface area contributed by atoms with Gasteiger partial charge in [-0.05, 0) is 17.7 Å². The van der Waals surface area contributed by atoms with Crippen LogP contribution in [-0.2, 0) is 6.54 Å². The predicted octanol–water partition coefficient (Wildman–Crippen LogP) is 2.86. The Hall–Kier alpha value is -2.30. The normalized spacial score (nSPS) is 20.0. The van der Waals surface area contributed by atoms with Crippen molar-refractivity contribution in [2.45, 2.75) is 37.7 Å². The van der Waals surface area contributed by atoms with Gasteiger partial charge in [-0.15, -0.1) is 25.6 Å². The van der Waals surface area contributed by atoms with Crippen LogP contribution in [0.25, 0.3) is 0 Å². The quantitative estimate of drug-likeness (QED) is 0.400. The van der Waals surface area contributed by atoms with Crippen LogP contribution in [0.2, 0.25) is 0 Å². The third kappa shape index (κ3) is 6.74. The van der Waals surface area contributed by atoms with Gasteiger partial charge in [0.2, 0.25) is 0 Å². The first-order chi connectivity index (χ1) is 12.0. The Morgan fingerprint density at radius 3 is 2.37 bits per heavy atom. The lowest BCUT2D eigenvalue weighted by atomic mass is 9.98. The summed E-state index contributed by atoms with van der Waals surface area (Å²) in [4.78, 5) is 5.27. The summed E-state index contributed by atoms with van der Waals surface area (Å²) in [5.74, 6) is -3.81. The molecular formula is C15H19ClF5N5O. The van der Waals surface area contributed by atoms with E-state index in [9.17, 15) is 22.0 Å². The maximum absolute atomic E-state index is 13.6. The fourth-order valence-electron chi connectivity index (χ4n) is 2.57. The van der Waals surface area contributed by atoms with E-state index < -0.39 is 31.2 Å². The summed E-state index contributed by atoms with van der Waals surface area (Å²) in [6, 6.07) is 3.94. The number of alkyl halides is 5. The third-order valence-electron chi connectivity index (χ3n) is 3.84. The van der Waals surface area contributed by atoms with Gasteiger partial charge in [0.15, 0.2) is 5.96 Å². The number of nitrogens with two attached hydrogens (primary N) is 2. The predicted molar refractivity (Wildman–Crippen MR) is 92.3 cm³/mol. The first kappa shape index (κ1) is 22.7. The molecule has 1 fully saturated rings. The molecule has 1 saturated heterocycles. The van der Waals surface area contributed by atoms with Crippen LogP contribution in [0.15, 0.2) is 29.3 Å². The number of ether oxygens (including phenoxy) is 1. The van der Waals surface area contributed by atoms with Crippen molar-refractivity contribution in [2.75, 3.05) is 6.54 Å². The minimum absolute atomic E-state index is 0. The summed E-state index contributed by atoms with van der Waals surface area (Å²) in [6.07, 6.45) is -5.83. The summed E-state index contributed by atoms with van der Waals surface area (Å²) in [5.41, 5.74) is 11.7. The van der Waals surface area contributed by atoms with Gasteiger partial charge in [-0.1, -0.05) is 12.1 Å². The van der Waals surface area contributed by atoms with E-state index in [1.807, 2.05) is 0 Å². The second-order valence-electron chi connectivity index (χ2n) is 5.84. The van der Waals surface area contributed by atoms with Gasteiger partial charge in [0.05, 0.1) is 12.6 Å². The molecule has 152 valence electrons. The molecule has 1 aromatic rings. The van der Waals surface area contributed by atoms with E-state index in [-0.39, 0.29) is 43.0 Å². The topological polar surface area (TPSA) is 101 Å². The summed E-state index contributed by atoms with van der Waals surface area (Å²) in [5, 5.41) is 7.48. The lowest BCUT2D eigenvalue weighted by Crippen LogP contribution is -2.57. The number of benzene rings is 1. The first-order valence-corrected chi connectivity index (χ1v) is 7.60. The van der Waals surface area contributed by atoms with Crippen LogP contribution in [-0.4, -0.2) is 41.6 Å². The Morgan fingerprint density at radius 2 is 1.85 bits per heavy atom. The average Bonchev–Trinajstić information content (AvgIpc) is 2.51. The van der Waals surface area contributed by atoms with Crippen molar-refractivity contribution >= 4 is 24.2 Å². The SMILES string of the molecule is Cl.N=C(N)N1CCC(F)(F)CC1C(N)=NCc1ccc(OC(F)(F)F)cc1. The number of rotatable bonds is 4. The van der Waals surface area contributed by atoms with Gasteiger partial charge in [-0.3, -0.25) is 10.4 Å². The zero-order valence-electron chi connectivity index (χ0n) is 14.0. The van der Waals surface area contributed by atoms with Crippen LogP contribution in [0.1, 0.15) is 18.4 Å². The monoisotopic (exact) mass is 415 g/mol. The van der Waals surface area contributed by atoms with E-state index in [2.05, 4.69) is 9.73 Å². The van der Waals surface area contributed by atoms with Crippen LogP contribution in [0.4, 0.5) is 22.0 Å². The van der Waals surface area contributed by atoms with Gasteiger partial charge in [0.25, 0.3) is 5.92 Å². The van der Waals surface area contributed by atoms with E-state index in [1.54, 1.807) is 0 Å². The smallest absolute Gasteiger partial charge is 0.406 e. The molecule has 0 aromatic heterocycles. The van der Waals surface area contributed by atoms with E-state index in [1.165, 1.54) is 17.0 Å². The molecule has 12 heteroatoms. The van der Waals surface area contributed by atoms with E-state index >= 15 is 0 Å². The molecule has 1 heterocycles. The number of likely N-dealkylation sites (tertiary alicyclic amines) is 1. The number of hydrogen-bond donors (Lipinski definition) is 3. The number of piperidine rings is 1. The fraction of sp³-hybridized carbons (Fsp3) is 0.467. The molecule has 1 aliphatic rings. The zero-order valence-corrected chi connectivity index (χ0v) is 14.8. The van der Waals surface area contributed by atoms with Crippen molar-refractivity contribution in [3.05, 3.63) is 29.8 Å². The van der Waals surface area contributed by atoms with Crippen molar-refractivity contribution in [1.82, 2.24) is 4.90 Å². The molecule has 0 spiro atoms. The van der Waals surface area contributed by atoms with Gasteiger partial charge in [0, 0.05) is 19.4 Å². The Kier molecular flexibility index (Phi) is 7.24. The van der Waals surface area contributed by atoms with Gasteiger partial charge in [0.1, 0.15) is 11.6 Å². The lowest BCUT2D eigenvalue weighted by molar-refractivity contribution is -0.274. The molecule has 0 amide bonds. The van der Waals surface area contributed by atoms with Gasteiger partial charge < -0.3 is 21.1 Å². The summed E-state index contributed by atoms with van der Waals surface area (Å²) >= 11 is 0. The van der Waals surface area contributed by atoms with Crippen molar-refractivity contribution in [3.8, 4) is 5.75 Å². The largest absolute Gasteiger partial charge is 0.573 e. The molecule has 1 aromatic carbocycles. The highest BCUT2D eigenvalue weighted by molar-refractivity contribution is 5.90. The molecule has 0 radical (unpaired) electrons. The van der Waals surface area contributed by atoms with E-state index in [0.717, 1.165) is 12.1 Å². The lowest BCUT2D eigenvalue weighted by Gasteiger charge is -2.39. The molecular weight excluding hydrogens is 397 g/mol. The number of aliphatic imine (C=N–C) groups is 1. The van der Waals surface area contributed by atoms with Crippen LogP contribution >= 0.6 is 12.4 Å². The first-order valence-electron chi connectivity index (χ1n) is 7.60. The highest BCUT2D eigenvalue weighted by Crippen LogP contribution is 2.31. The molecule has 1 aliphatic heterocycles. The van der Waals surface area contributed by atoms with Crippen LogP contribution in [0.3, 0.4) is 0 Å². The summed E-state index contributed by atoms with van der Waals surface area (Å²) in [6.45, 7) is -0.140. The van der Waals surface area contributed by atoms with Crippen LogP contribution < -0.4 is 16.2 Å². The second kappa shape index (κ2) is 8.59. The fourth-order valence-corrected chi connectivity index (χ4v) is 2.57. The highest BCUT2D eigenvalue weighted by Gasteiger charge is 2.42. The molecule has 0 aliphatic carbocycles. The molecule has 27 heavy (non-hydrogen) atoms. The molecule has 1 atom stereocenters. The van der Waals surface area contributed by atoms with Crippen molar-refractivity contribution in [1.29, 1.82) is 5.41 Å². The highest BCUT2D eigenvalue weighted by atomic mass is 35.5. The van der Waals surface area contributed by atoms with Gasteiger partial charge >= 0.3 is 6.36 Å². The van der Waals surface area contributed by atoms with E-state index in [0.29, 0.717) is 5.56 Å². The Balaban J connectivity index is 0.00000364. The maximum Gasteiger partial charge on any atom is 0.573 e. The van der Waals surface area contributed by atoms with Crippen molar-refractivity contribution in [2.24, 2.45) is 16.5 Å². The molecule has 5 N–H and O–H groups in total. The standard InChI is InChI=1S/C15H18F5N5O.ClH/c16-14(17)5-6-25(13(22)23)11(7-14)12(21)24-8-9-1-3-10(4-2-9)26-15(18,19)20;/h1-4,11H,5-8H2,(H2,21,24)(H3,22,23);1H. The van der Waals surface area contributed by atoms with Gasteiger partial charge in [-0.2, -0.15) is 0 Å². The molecule has 0 bridgehead atoms. The third-order valence-corrected chi connectivity index (χ3v) is 3.84. The molecule has 1 unspecified atom stereocenters. The number of nitrogens with zero attached hydrogens (tertiary/aromatic N) is 2. The van der Waals surface area contributed by atoms with Crippen LogP contribution in [0, 0.1) is 5.41 Å². The number of nitrogens with one attached hydrogen (secondary N) is 1. The van der Waals surface area contributed by atoms with E-state index in [4.69, 9.17) is 16.9 Å². The molecule has 6 nitrogen and oxygen atoms in total. The number of halogens is 6. The van der Waals surface area contributed by atoms with Crippen LogP contribution in [0.5, 0.6) is 5.75 Å². The number of guanidine groups is 1. The minimum atomic E-state index is -4.79. The van der Waals surface area contributed by atoms with Crippen molar-refractivity contribution < 1.29 is 26.7 Å². The van der Waals surface area contributed by atoms with Crippen molar-refractivity contribution in [3.63, 3.8) is 0 Å². The Labute approximate surface area is 158 Å². The Morgan fingerprint density at radius 1 is 1.26 bits per heavy atom. The zero-order chi connectivity index (χ0) is 19.5. The second-order valence-corrected chi connectivity index (χ2v) is 5.84. The number of hydrogen-bond acceptors (Lipinski definition) is 3. The Bertz CT molecular complexity index is 680. The molecule has 0 saturated carbocycles. The van der Waals surface area contributed by atoms with Gasteiger partial charge in [-0.25, -0.2) is 8.78 Å². The minimum Gasteiger partial charge on any atom is -0.406 e. The molecule has 2 rings (SSSR count). The average molecular weight is 416 g/mol. The maximum atomic E-state index is 13.6. The number of amidine groups is 1. The summed E-state index contributed by atoms with van der Waals surface area (Å²) < 4.78 is 67.4.